The Morgan fingerprint density at radius 1 is 0.875 bits per heavy atom. The van der Waals surface area contributed by atoms with Gasteiger partial charge in [-0.3, -0.25) is 0 Å². The molecule has 0 aliphatic heterocycles. The molecule has 0 heterocycles. The van der Waals surface area contributed by atoms with Crippen molar-refractivity contribution in [3.63, 3.8) is 0 Å². The van der Waals surface area contributed by atoms with Crippen molar-refractivity contribution in [1.29, 1.82) is 0 Å². The van der Waals surface area contributed by atoms with Crippen molar-refractivity contribution in [2.24, 2.45) is 5.73 Å². The molecular weight excluding hydrogens is 301 g/mol. The molecule has 24 heavy (non-hydrogen) atoms. The van der Waals surface area contributed by atoms with Gasteiger partial charge in [0.25, 0.3) is 0 Å². The standard InChI is InChI=1S/C21H20FNO/c1-15-7-9-18(20(22)11-15)19-10-8-17(13-23)12-21(19)24-14-16-5-3-2-4-6-16/h2-12H,13-14,23H2,1H3. The first-order chi connectivity index (χ1) is 11.7. The van der Waals surface area contributed by atoms with Gasteiger partial charge in [-0.1, -0.05) is 54.6 Å². The maximum Gasteiger partial charge on any atom is 0.131 e. The molecule has 0 aliphatic rings. The van der Waals surface area contributed by atoms with Gasteiger partial charge in [-0.05, 0) is 35.7 Å². The summed E-state index contributed by atoms with van der Waals surface area (Å²) >= 11 is 0. The predicted octanol–water partition coefficient (Wildman–Crippen LogP) is 4.84. The first-order valence-electron chi connectivity index (χ1n) is 7.93. The van der Waals surface area contributed by atoms with E-state index in [1.165, 1.54) is 6.07 Å². The van der Waals surface area contributed by atoms with Crippen molar-refractivity contribution < 1.29 is 9.13 Å². The average molecular weight is 321 g/mol. The van der Waals surface area contributed by atoms with Gasteiger partial charge in [-0.25, -0.2) is 4.39 Å². The van der Waals surface area contributed by atoms with Crippen molar-refractivity contribution in [3.8, 4) is 16.9 Å². The number of benzene rings is 3. The van der Waals surface area contributed by atoms with Crippen LogP contribution < -0.4 is 10.5 Å². The zero-order valence-electron chi connectivity index (χ0n) is 13.6. The maximum absolute atomic E-state index is 14.4. The van der Waals surface area contributed by atoms with Crippen LogP contribution in [-0.2, 0) is 13.2 Å². The molecule has 3 heteroatoms. The highest BCUT2D eigenvalue weighted by Gasteiger charge is 2.12. The molecule has 0 atom stereocenters. The third kappa shape index (κ3) is 3.63. The average Bonchev–Trinajstić information content (AvgIpc) is 2.61. The molecule has 0 aromatic heterocycles. The number of aryl methyl sites for hydroxylation is 1. The van der Waals surface area contributed by atoms with Crippen molar-refractivity contribution >= 4 is 0 Å². The minimum atomic E-state index is -0.250. The summed E-state index contributed by atoms with van der Waals surface area (Å²) in [5, 5.41) is 0. The Bertz CT molecular complexity index is 830. The summed E-state index contributed by atoms with van der Waals surface area (Å²) in [7, 11) is 0. The highest BCUT2D eigenvalue weighted by atomic mass is 19.1. The van der Waals surface area contributed by atoms with Crippen LogP contribution in [0.25, 0.3) is 11.1 Å². The Morgan fingerprint density at radius 3 is 2.33 bits per heavy atom. The molecule has 3 rings (SSSR count). The Labute approximate surface area is 141 Å². The zero-order valence-corrected chi connectivity index (χ0v) is 13.6. The third-order valence-corrected chi connectivity index (χ3v) is 3.93. The highest BCUT2D eigenvalue weighted by molar-refractivity contribution is 5.71. The van der Waals surface area contributed by atoms with Gasteiger partial charge in [0.05, 0.1) is 0 Å². The van der Waals surface area contributed by atoms with Gasteiger partial charge in [0.1, 0.15) is 18.2 Å². The number of nitrogens with two attached hydrogens (primary N) is 1. The van der Waals surface area contributed by atoms with E-state index in [0.717, 1.165) is 22.3 Å². The van der Waals surface area contributed by atoms with Gasteiger partial charge < -0.3 is 10.5 Å². The van der Waals surface area contributed by atoms with Gasteiger partial charge in [-0.2, -0.15) is 0 Å². The van der Waals surface area contributed by atoms with Crippen LogP contribution in [0.2, 0.25) is 0 Å². The first-order valence-corrected chi connectivity index (χ1v) is 7.93. The van der Waals surface area contributed by atoms with Gasteiger partial charge in [0, 0.05) is 17.7 Å². The topological polar surface area (TPSA) is 35.2 Å². The van der Waals surface area contributed by atoms with Gasteiger partial charge in [0.2, 0.25) is 0 Å². The van der Waals surface area contributed by atoms with E-state index in [4.69, 9.17) is 10.5 Å². The summed E-state index contributed by atoms with van der Waals surface area (Å²) in [5.41, 5.74) is 9.91. The lowest BCUT2D eigenvalue weighted by Gasteiger charge is -2.14. The molecule has 0 radical (unpaired) electrons. The fraction of sp³-hybridized carbons (Fsp3) is 0.143. The quantitative estimate of drug-likeness (QED) is 0.730. The van der Waals surface area contributed by atoms with Gasteiger partial charge >= 0.3 is 0 Å². The summed E-state index contributed by atoms with van der Waals surface area (Å²) in [4.78, 5) is 0. The second kappa shape index (κ2) is 7.28. The Morgan fingerprint density at radius 2 is 1.62 bits per heavy atom. The first kappa shape index (κ1) is 16.2. The molecule has 0 saturated carbocycles. The van der Waals surface area contributed by atoms with Crippen LogP contribution in [0.4, 0.5) is 4.39 Å². The fourth-order valence-corrected chi connectivity index (χ4v) is 2.61. The summed E-state index contributed by atoms with van der Waals surface area (Å²) in [6.45, 7) is 2.71. The van der Waals surface area contributed by atoms with Crippen LogP contribution in [0.3, 0.4) is 0 Å². The molecule has 2 nitrogen and oxygen atoms in total. The fourth-order valence-electron chi connectivity index (χ4n) is 2.61. The Balaban J connectivity index is 1.96. The molecule has 0 aliphatic carbocycles. The summed E-state index contributed by atoms with van der Waals surface area (Å²) < 4.78 is 20.4. The predicted molar refractivity (Wildman–Crippen MR) is 95.2 cm³/mol. The third-order valence-electron chi connectivity index (χ3n) is 3.93. The lowest BCUT2D eigenvalue weighted by molar-refractivity contribution is 0.307. The monoisotopic (exact) mass is 321 g/mol. The Hall–Kier alpha value is -2.65. The van der Waals surface area contributed by atoms with E-state index in [0.29, 0.717) is 24.5 Å². The lowest BCUT2D eigenvalue weighted by Crippen LogP contribution is -2.01. The normalized spacial score (nSPS) is 10.6. The number of halogens is 1. The van der Waals surface area contributed by atoms with E-state index < -0.39 is 0 Å². The number of hydrogen-bond donors (Lipinski definition) is 1. The van der Waals surface area contributed by atoms with Crippen LogP contribution in [0, 0.1) is 12.7 Å². The summed E-state index contributed by atoms with van der Waals surface area (Å²) in [5.74, 6) is 0.393. The molecule has 0 spiro atoms. The molecule has 0 bridgehead atoms. The van der Waals surface area contributed by atoms with E-state index in [9.17, 15) is 4.39 Å². The molecule has 0 amide bonds. The molecule has 0 saturated heterocycles. The van der Waals surface area contributed by atoms with Crippen molar-refractivity contribution in [3.05, 3.63) is 89.2 Å². The van der Waals surface area contributed by atoms with Crippen LogP contribution >= 0.6 is 0 Å². The number of hydrogen-bond acceptors (Lipinski definition) is 2. The maximum atomic E-state index is 14.4. The van der Waals surface area contributed by atoms with E-state index in [1.807, 2.05) is 61.5 Å². The van der Waals surface area contributed by atoms with E-state index >= 15 is 0 Å². The second-order valence-corrected chi connectivity index (χ2v) is 5.79. The van der Waals surface area contributed by atoms with Crippen molar-refractivity contribution in [2.75, 3.05) is 0 Å². The molecule has 3 aromatic carbocycles. The molecule has 3 aromatic rings. The SMILES string of the molecule is Cc1ccc(-c2ccc(CN)cc2OCc2ccccc2)c(F)c1. The van der Waals surface area contributed by atoms with Gasteiger partial charge in [-0.15, -0.1) is 0 Å². The molecule has 2 N–H and O–H groups in total. The van der Waals surface area contributed by atoms with Crippen molar-refractivity contribution in [2.45, 2.75) is 20.1 Å². The van der Waals surface area contributed by atoms with E-state index in [-0.39, 0.29) is 5.82 Å². The molecule has 122 valence electrons. The van der Waals surface area contributed by atoms with Crippen LogP contribution in [0.15, 0.2) is 66.7 Å². The largest absolute Gasteiger partial charge is 0.488 e. The molecule has 0 fully saturated rings. The summed E-state index contributed by atoms with van der Waals surface area (Å²) in [6.07, 6.45) is 0. The molecular formula is C21H20FNO. The Kier molecular flexibility index (Phi) is 4.92. The van der Waals surface area contributed by atoms with E-state index in [2.05, 4.69) is 0 Å². The van der Waals surface area contributed by atoms with E-state index in [1.54, 1.807) is 6.07 Å². The summed E-state index contributed by atoms with van der Waals surface area (Å²) in [6, 6.07) is 20.8. The van der Waals surface area contributed by atoms with Crippen LogP contribution in [0.5, 0.6) is 5.75 Å². The minimum Gasteiger partial charge on any atom is -0.488 e. The van der Waals surface area contributed by atoms with Gasteiger partial charge in [0.15, 0.2) is 0 Å². The second-order valence-electron chi connectivity index (χ2n) is 5.79. The minimum absolute atomic E-state index is 0.250. The van der Waals surface area contributed by atoms with Crippen LogP contribution in [-0.4, -0.2) is 0 Å². The van der Waals surface area contributed by atoms with Crippen LogP contribution in [0.1, 0.15) is 16.7 Å². The lowest BCUT2D eigenvalue weighted by atomic mass is 10.0. The smallest absolute Gasteiger partial charge is 0.131 e. The number of rotatable bonds is 5. The van der Waals surface area contributed by atoms with Crippen molar-refractivity contribution in [1.82, 2.24) is 0 Å². The highest BCUT2D eigenvalue weighted by Crippen LogP contribution is 2.33. The number of ether oxygens (including phenoxy) is 1. The molecule has 0 unspecified atom stereocenters. The zero-order chi connectivity index (χ0) is 16.9.